The van der Waals surface area contributed by atoms with Gasteiger partial charge in [0.15, 0.2) is 0 Å². The van der Waals surface area contributed by atoms with E-state index >= 15 is 0 Å². The molecule has 0 saturated carbocycles. The number of rotatable bonds is 4. The van der Waals surface area contributed by atoms with E-state index in [1.165, 1.54) is 10.5 Å². The molecule has 0 spiro atoms. The molecule has 1 aromatic heterocycles. The van der Waals surface area contributed by atoms with E-state index < -0.39 is 5.63 Å². The monoisotopic (exact) mass is 379 g/mol. The number of methoxy groups -OCH3 is 1. The molecule has 0 atom stereocenters. The maximum Gasteiger partial charge on any atom is 0.349 e. The normalized spacial score (nSPS) is 15.0. The molecule has 1 fully saturated rings. The predicted octanol–water partition coefficient (Wildman–Crippen LogP) is 1.34. The van der Waals surface area contributed by atoms with Crippen LogP contribution in [0.25, 0.3) is 11.0 Å². The Hall–Kier alpha value is -3.12. The smallest absolute Gasteiger partial charge is 0.349 e. The highest BCUT2D eigenvalue weighted by molar-refractivity contribution is 5.96. The van der Waals surface area contributed by atoms with Crippen LogP contribution in [0.3, 0.4) is 0 Å². The number of quaternary nitrogens is 1. The maximum atomic E-state index is 12.8. The van der Waals surface area contributed by atoms with Crippen LogP contribution in [0.2, 0.25) is 0 Å². The molecule has 2 heterocycles. The van der Waals surface area contributed by atoms with Crippen molar-refractivity contribution in [1.82, 2.24) is 4.90 Å². The molecule has 6 heteroatoms. The summed E-state index contributed by atoms with van der Waals surface area (Å²) in [6.45, 7) is 3.84. The second kappa shape index (κ2) is 7.86. The van der Waals surface area contributed by atoms with Gasteiger partial charge in [0.25, 0.3) is 5.91 Å². The van der Waals surface area contributed by atoms with Crippen molar-refractivity contribution in [2.75, 3.05) is 33.3 Å². The van der Waals surface area contributed by atoms with E-state index in [0.29, 0.717) is 18.7 Å². The largest absolute Gasteiger partial charge is 0.497 e. The average Bonchev–Trinajstić information content (AvgIpc) is 2.74. The van der Waals surface area contributed by atoms with Gasteiger partial charge in [0.05, 0.1) is 33.3 Å². The molecule has 6 nitrogen and oxygen atoms in total. The lowest BCUT2D eigenvalue weighted by molar-refractivity contribution is -0.917. The van der Waals surface area contributed by atoms with Crippen LogP contribution in [0.5, 0.6) is 5.75 Å². The molecule has 2 aromatic carbocycles. The SMILES string of the molecule is COc1ccc(C[NH+]2CCN(C(=O)c3cc4ccccc4oc3=O)CC2)cc1. The molecule has 3 aromatic rings. The van der Waals surface area contributed by atoms with Gasteiger partial charge in [-0.05, 0) is 36.4 Å². The zero-order valence-corrected chi connectivity index (χ0v) is 15.8. The first-order chi connectivity index (χ1) is 13.6. The molecule has 144 valence electrons. The first-order valence-electron chi connectivity index (χ1n) is 9.43. The van der Waals surface area contributed by atoms with Crippen LogP contribution in [0.15, 0.2) is 63.8 Å². The summed E-state index contributed by atoms with van der Waals surface area (Å²) in [5.74, 6) is 0.603. The molecule has 0 unspecified atom stereocenters. The number of carbonyl (C=O) groups excluding carboxylic acids is 1. The Morgan fingerprint density at radius 3 is 2.54 bits per heavy atom. The zero-order valence-electron chi connectivity index (χ0n) is 15.8. The lowest BCUT2D eigenvalue weighted by atomic mass is 10.1. The zero-order chi connectivity index (χ0) is 19.5. The van der Waals surface area contributed by atoms with Crippen LogP contribution in [-0.4, -0.2) is 44.1 Å². The van der Waals surface area contributed by atoms with E-state index in [9.17, 15) is 9.59 Å². The second-order valence-electron chi connectivity index (χ2n) is 7.05. The molecule has 1 amide bonds. The van der Waals surface area contributed by atoms with E-state index in [1.54, 1.807) is 30.2 Å². The molecule has 0 radical (unpaired) electrons. The van der Waals surface area contributed by atoms with E-state index in [4.69, 9.17) is 9.15 Å². The van der Waals surface area contributed by atoms with Gasteiger partial charge in [-0.25, -0.2) is 4.79 Å². The number of ether oxygens (including phenoxy) is 1. The number of carbonyl (C=O) groups is 1. The summed E-state index contributed by atoms with van der Waals surface area (Å²) in [5, 5.41) is 0.759. The molecule has 0 aliphatic carbocycles. The minimum atomic E-state index is -0.572. The van der Waals surface area contributed by atoms with E-state index in [1.807, 2.05) is 24.3 Å². The van der Waals surface area contributed by atoms with Gasteiger partial charge < -0.3 is 19.0 Å². The number of fused-ring (bicyclic) bond motifs is 1. The summed E-state index contributed by atoms with van der Waals surface area (Å²) in [7, 11) is 1.66. The van der Waals surface area contributed by atoms with Crippen molar-refractivity contribution in [1.29, 1.82) is 0 Å². The molecule has 4 rings (SSSR count). The predicted molar refractivity (Wildman–Crippen MR) is 106 cm³/mol. The van der Waals surface area contributed by atoms with Crippen LogP contribution in [0.4, 0.5) is 0 Å². The van der Waals surface area contributed by atoms with Crippen molar-refractivity contribution >= 4 is 16.9 Å². The van der Waals surface area contributed by atoms with E-state index in [2.05, 4.69) is 12.1 Å². The highest BCUT2D eigenvalue weighted by atomic mass is 16.5. The minimum absolute atomic E-state index is 0.109. The highest BCUT2D eigenvalue weighted by Crippen LogP contribution is 2.14. The Bertz CT molecular complexity index is 1030. The summed E-state index contributed by atoms with van der Waals surface area (Å²) in [5.41, 5.74) is 1.28. The Labute approximate surface area is 162 Å². The number of amides is 1. The molecule has 1 aliphatic heterocycles. The third kappa shape index (κ3) is 3.77. The Morgan fingerprint density at radius 2 is 1.82 bits per heavy atom. The number of para-hydroxylation sites is 1. The van der Waals surface area contributed by atoms with Crippen molar-refractivity contribution in [3.8, 4) is 5.75 Å². The summed E-state index contributed by atoms with van der Waals surface area (Å²) in [6, 6.07) is 16.9. The second-order valence-corrected chi connectivity index (χ2v) is 7.05. The minimum Gasteiger partial charge on any atom is -0.497 e. The van der Waals surface area contributed by atoms with Crippen molar-refractivity contribution in [2.45, 2.75) is 6.54 Å². The summed E-state index contributed by atoms with van der Waals surface area (Å²) < 4.78 is 10.5. The van der Waals surface area contributed by atoms with Crippen LogP contribution >= 0.6 is 0 Å². The standard InChI is InChI=1S/C22H22N2O4/c1-27-18-8-6-16(7-9-18)15-23-10-12-24(13-11-23)21(25)19-14-17-4-2-3-5-20(17)28-22(19)26/h2-9,14H,10-13,15H2,1H3/p+1. The van der Waals surface area contributed by atoms with Crippen molar-refractivity contribution in [3.63, 3.8) is 0 Å². The average molecular weight is 379 g/mol. The molecule has 1 saturated heterocycles. The quantitative estimate of drug-likeness (QED) is 0.695. The van der Waals surface area contributed by atoms with Gasteiger partial charge in [-0.15, -0.1) is 0 Å². The van der Waals surface area contributed by atoms with Gasteiger partial charge in [0, 0.05) is 10.9 Å². The number of hydrogen-bond acceptors (Lipinski definition) is 4. The lowest BCUT2D eigenvalue weighted by Crippen LogP contribution is -3.13. The highest BCUT2D eigenvalue weighted by Gasteiger charge is 2.26. The summed E-state index contributed by atoms with van der Waals surface area (Å²) >= 11 is 0. The third-order valence-electron chi connectivity index (χ3n) is 5.24. The van der Waals surface area contributed by atoms with Gasteiger partial charge in [0.2, 0.25) is 0 Å². The molecular weight excluding hydrogens is 356 g/mol. The molecule has 1 N–H and O–H groups in total. The molecule has 1 aliphatic rings. The first-order valence-corrected chi connectivity index (χ1v) is 9.43. The van der Waals surface area contributed by atoms with Gasteiger partial charge in [0.1, 0.15) is 23.4 Å². The van der Waals surface area contributed by atoms with Gasteiger partial charge >= 0.3 is 5.63 Å². The van der Waals surface area contributed by atoms with Crippen molar-refractivity contribution < 1.29 is 18.8 Å². The van der Waals surface area contributed by atoms with Gasteiger partial charge in [-0.1, -0.05) is 18.2 Å². The summed E-state index contributed by atoms with van der Waals surface area (Å²) in [6.07, 6.45) is 0. The maximum absolute atomic E-state index is 12.8. The Morgan fingerprint density at radius 1 is 1.11 bits per heavy atom. The lowest BCUT2D eigenvalue weighted by Gasteiger charge is -2.32. The number of nitrogens with zero attached hydrogens (tertiary/aromatic N) is 1. The van der Waals surface area contributed by atoms with E-state index in [0.717, 1.165) is 30.8 Å². The van der Waals surface area contributed by atoms with Crippen molar-refractivity contribution in [2.24, 2.45) is 0 Å². The molecule has 28 heavy (non-hydrogen) atoms. The van der Waals surface area contributed by atoms with Crippen LogP contribution in [-0.2, 0) is 6.54 Å². The Balaban J connectivity index is 1.41. The number of nitrogens with one attached hydrogen (secondary N) is 1. The number of piperazine rings is 1. The fraction of sp³-hybridized carbons (Fsp3) is 0.273. The number of hydrogen-bond donors (Lipinski definition) is 1. The molecular formula is C22H23N2O4+. The van der Waals surface area contributed by atoms with Crippen LogP contribution in [0, 0.1) is 0 Å². The van der Waals surface area contributed by atoms with Gasteiger partial charge in [-0.3, -0.25) is 4.79 Å². The van der Waals surface area contributed by atoms with E-state index in [-0.39, 0.29) is 11.5 Å². The third-order valence-corrected chi connectivity index (χ3v) is 5.24. The molecule has 0 bridgehead atoms. The summed E-state index contributed by atoms with van der Waals surface area (Å²) in [4.78, 5) is 28.3. The topological polar surface area (TPSA) is 64.2 Å². The van der Waals surface area contributed by atoms with Crippen LogP contribution in [0.1, 0.15) is 15.9 Å². The van der Waals surface area contributed by atoms with Crippen LogP contribution < -0.4 is 15.3 Å². The fourth-order valence-corrected chi connectivity index (χ4v) is 3.62. The van der Waals surface area contributed by atoms with Crippen molar-refractivity contribution in [3.05, 3.63) is 76.1 Å². The Kier molecular flexibility index (Phi) is 5.12. The fourth-order valence-electron chi connectivity index (χ4n) is 3.62. The number of benzene rings is 2. The van der Waals surface area contributed by atoms with Gasteiger partial charge in [-0.2, -0.15) is 0 Å². The first kappa shape index (κ1) is 18.3.